The first-order valence-corrected chi connectivity index (χ1v) is 6.94. The number of aliphatic hydroxyl groups is 1. The molecule has 2 aliphatic rings. The van der Waals surface area contributed by atoms with Gasteiger partial charge in [0, 0.05) is 31.7 Å². The molecule has 0 aromatic heterocycles. The first-order valence-electron chi connectivity index (χ1n) is 6.94. The largest absolute Gasteiger partial charge is 0.396 e. The number of carbonyl (C=O) groups is 1. The number of aliphatic hydroxyl groups excluding tert-OH is 1. The number of likely N-dealkylation sites (tertiary alicyclic amines) is 1. The second kappa shape index (κ2) is 6.36. The van der Waals surface area contributed by atoms with Gasteiger partial charge in [0.05, 0.1) is 0 Å². The molecule has 2 saturated heterocycles. The summed E-state index contributed by atoms with van der Waals surface area (Å²) in [7, 11) is 0. The molecule has 0 aromatic carbocycles. The third-order valence-corrected chi connectivity index (χ3v) is 4.04. The van der Waals surface area contributed by atoms with Gasteiger partial charge in [-0.05, 0) is 45.1 Å². The van der Waals surface area contributed by atoms with E-state index in [9.17, 15) is 4.79 Å². The highest BCUT2D eigenvalue weighted by molar-refractivity contribution is 5.76. The quantitative estimate of drug-likeness (QED) is 0.767. The predicted octanol–water partition coefficient (Wildman–Crippen LogP) is 0.892. The van der Waals surface area contributed by atoms with Crippen LogP contribution in [0.5, 0.6) is 0 Å². The Bertz CT molecular complexity index is 258. The van der Waals surface area contributed by atoms with Gasteiger partial charge < -0.3 is 10.4 Å². The highest BCUT2D eigenvalue weighted by atomic mass is 16.2. The second-order valence-corrected chi connectivity index (χ2v) is 5.25. The van der Waals surface area contributed by atoms with Gasteiger partial charge in [-0.15, -0.1) is 0 Å². The monoisotopic (exact) mass is 240 g/mol. The van der Waals surface area contributed by atoms with Crippen LogP contribution < -0.4 is 5.32 Å². The van der Waals surface area contributed by atoms with E-state index in [-0.39, 0.29) is 12.5 Å². The summed E-state index contributed by atoms with van der Waals surface area (Å²) in [5, 5.41) is 11.9. The van der Waals surface area contributed by atoms with Gasteiger partial charge in [0.1, 0.15) is 0 Å². The molecule has 17 heavy (non-hydrogen) atoms. The van der Waals surface area contributed by atoms with Crippen molar-refractivity contribution in [2.24, 2.45) is 0 Å². The predicted molar refractivity (Wildman–Crippen MR) is 66.7 cm³/mol. The first-order chi connectivity index (χ1) is 8.31. The zero-order valence-corrected chi connectivity index (χ0v) is 10.5. The van der Waals surface area contributed by atoms with E-state index in [1.54, 1.807) is 0 Å². The number of carbonyl (C=O) groups excluding carboxylic acids is 1. The van der Waals surface area contributed by atoms with Crippen LogP contribution in [-0.2, 0) is 4.79 Å². The zero-order valence-electron chi connectivity index (χ0n) is 10.5. The van der Waals surface area contributed by atoms with Gasteiger partial charge in [0.2, 0.25) is 5.91 Å². The third kappa shape index (κ3) is 3.42. The van der Waals surface area contributed by atoms with Gasteiger partial charge in [0.15, 0.2) is 0 Å². The molecule has 2 N–H and O–H groups in total. The highest BCUT2D eigenvalue weighted by Crippen LogP contribution is 2.27. The fraction of sp³-hybridized carbons (Fsp3) is 0.923. The van der Waals surface area contributed by atoms with Crippen molar-refractivity contribution in [1.29, 1.82) is 0 Å². The van der Waals surface area contributed by atoms with Gasteiger partial charge in [-0.3, -0.25) is 9.69 Å². The van der Waals surface area contributed by atoms with Crippen LogP contribution in [0.15, 0.2) is 0 Å². The van der Waals surface area contributed by atoms with E-state index in [4.69, 9.17) is 5.11 Å². The molecule has 1 amide bonds. The number of hydrogen-bond acceptors (Lipinski definition) is 3. The van der Waals surface area contributed by atoms with Gasteiger partial charge in [-0.2, -0.15) is 0 Å². The average molecular weight is 240 g/mol. The Kier molecular flexibility index (Phi) is 4.80. The summed E-state index contributed by atoms with van der Waals surface area (Å²) < 4.78 is 0. The lowest BCUT2D eigenvalue weighted by Gasteiger charge is -2.32. The molecule has 2 unspecified atom stereocenters. The minimum atomic E-state index is 0.209. The molecule has 2 aliphatic heterocycles. The van der Waals surface area contributed by atoms with Gasteiger partial charge in [-0.1, -0.05) is 0 Å². The van der Waals surface area contributed by atoms with E-state index in [2.05, 4.69) is 10.2 Å². The molecule has 2 atom stereocenters. The van der Waals surface area contributed by atoms with Crippen molar-refractivity contribution in [3.05, 3.63) is 0 Å². The number of amides is 1. The molecule has 0 saturated carbocycles. The standard InChI is InChI=1S/C13H24N2O2/c16-9-3-6-11-5-2-8-15(11)12-4-1-7-14-13(17)10-12/h11-12,16H,1-10H2,(H,14,17). The van der Waals surface area contributed by atoms with Crippen LogP contribution in [0.25, 0.3) is 0 Å². The molecule has 0 spiro atoms. The van der Waals surface area contributed by atoms with E-state index in [1.165, 1.54) is 12.8 Å². The highest BCUT2D eigenvalue weighted by Gasteiger charge is 2.31. The fourth-order valence-corrected chi connectivity index (χ4v) is 3.21. The summed E-state index contributed by atoms with van der Waals surface area (Å²) in [4.78, 5) is 14.1. The number of nitrogens with zero attached hydrogens (tertiary/aromatic N) is 1. The van der Waals surface area contributed by atoms with Gasteiger partial charge in [0.25, 0.3) is 0 Å². The lowest BCUT2D eigenvalue weighted by molar-refractivity contribution is -0.121. The van der Waals surface area contributed by atoms with Crippen LogP contribution in [0.4, 0.5) is 0 Å². The van der Waals surface area contributed by atoms with Crippen LogP contribution in [0.1, 0.15) is 44.9 Å². The number of rotatable bonds is 4. The summed E-state index contributed by atoms with van der Waals surface area (Å²) in [5.74, 6) is 0.209. The maximum absolute atomic E-state index is 11.6. The van der Waals surface area contributed by atoms with Crippen molar-refractivity contribution >= 4 is 5.91 Å². The Morgan fingerprint density at radius 2 is 2.24 bits per heavy atom. The summed E-state index contributed by atoms with van der Waals surface area (Å²) in [6.07, 6.45) is 7.34. The maximum Gasteiger partial charge on any atom is 0.221 e. The Balaban J connectivity index is 1.91. The first kappa shape index (κ1) is 12.8. The minimum Gasteiger partial charge on any atom is -0.396 e. The Hall–Kier alpha value is -0.610. The lowest BCUT2D eigenvalue weighted by atomic mass is 10.0. The van der Waals surface area contributed by atoms with Crippen LogP contribution in [0.3, 0.4) is 0 Å². The topological polar surface area (TPSA) is 52.6 Å². The Labute approximate surface area is 103 Å². The third-order valence-electron chi connectivity index (χ3n) is 4.04. The van der Waals surface area contributed by atoms with Gasteiger partial charge >= 0.3 is 0 Å². The van der Waals surface area contributed by atoms with Crippen LogP contribution in [0.2, 0.25) is 0 Å². The van der Waals surface area contributed by atoms with Gasteiger partial charge in [-0.25, -0.2) is 0 Å². The van der Waals surface area contributed by atoms with Crippen molar-refractivity contribution in [2.75, 3.05) is 19.7 Å². The number of nitrogens with one attached hydrogen (secondary N) is 1. The van der Waals surface area contributed by atoms with Crippen LogP contribution in [-0.4, -0.2) is 47.7 Å². The maximum atomic E-state index is 11.6. The van der Waals surface area contributed by atoms with Crippen molar-refractivity contribution in [3.8, 4) is 0 Å². The molecule has 2 heterocycles. The van der Waals surface area contributed by atoms with Crippen molar-refractivity contribution in [1.82, 2.24) is 10.2 Å². The van der Waals surface area contributed by atoms with E-state index < -0.39 is 0 Å². The fourth-order valence-electron chi connectivity index (χ4n) is 3.21. The summed E-state index contributed by atoms with van der Waals surface area (Å²) in [5.41, 5.74) is 0. The molecule has 2 rings (SSSR count). The molecule has 0 aliphatic carbocycles. The minimum absolute atomic E-state index is 0.209. The normalized spacial score (nSPS) is 31.2. The number of hydrogen-bond donors (Lipinski definition) is 2. The molecule has 98 valence electrons. The summed E-state index contributed by atoms with van der Waals surface area (Å²) >= 11 is 0. The van der Waals surface area contributed by atoms with E-state index in [1.807, 2.05) is 0 Å². The summed E-state index contributed by atoms with van der Waals surface area (Å²) in [6, 6.07) is 1.03. The molecule has 0 radical (unpaired) electrons. The molecular formula is C13H24N2O2. The SMILES string of the molecule is O=C1CC(N2CCCC2CCCO)CCCN1. The second-order valence-electron chi connectivity index (χ2n) is 5.25. The molecule has 0 aromatic rings. The smallest absolute Gasteiger partial charge is 0.221 e. The Morgan fingerprint density at radius 1 is 1.35 bits per heavy atom. The van der Waals surface area contributed by atoms with E-state index in [0.717, 1.165) is 38.8 Å². The van der Waals surface area contributed by atoms with E-state index >= 15 is 0 Å². The molecular weight excluding hydrogens is 216 g/mol. The average Bonchev–Trinajstić information content (AvgIpc) is 2.68. The van der Waals surface area contributed by atoms with E-state index in [0.29, 0.717) is 18.5 Å². The molecule has 4 nitrogen and oxygen atoms in total. The Morgan fingerprint density at radius 3 is 3.06 bits per heavy atom. The lowest BCUT2D eigenvalue weighted by Crippen LogP contribution is -2.40. The summed E-state index contributed by atoms with van der Waals surface area (Å²) in [6.45, 7) is 2.26. The van der Waals surface area contributed by atoms with Crippen LogP contribution >= 0.6 is 0 Å². The molecule has 0 bridgehead atoms. The van der Waals surface area contributed by atoms with Crippen molar-refractivity contribution < 1.29 is 9.90 Å². The van der Waals surface area contributed by atoms with Crippen molar-refractivity contribution in [3.63, 3.8) is 0 Å². The van der Waals surface area contributed by atoms with Crippen molar-refractivity contribution in [2.45, 2.75) is 57.0 Å². The molecule has 2 fully saturated rings. The molecule has 4 heteroatoms. The zero-order chi connectivity index (χ0) is 12.1. The van der Waals surface area contributed by atoms with Crippen LogP contribution in [0, 0.1) is 0 Å².